The molecular formula is C15H21NO3. The number of esters is 1. The first-order valence-electron chi connectivity index (χ1n) is 6.24. The van der Waals surface area contributed by atoms with E-state index in [1.807, 2.05) is 13.8 Å². The van der Waals surface area contributed by atoms with Crippen molar-refractivity contribution in [3.63, 3.8) is 0 Å². The minimum absolute atomic E-state index is 0.134. The third-order valence-corrected chi connectivity index (χ3v) is 3.13. The number of hydrogen-bond acceptors (Lipinski definition) is 4. The molecule has 0 bridgehead atoms. The van der Waals surface area contributed by atoms with Gasteiger partial charge in [0.1, 0.15) is 5.75 Å². The summed E-state index contributed by atoms with van der Waals surface area (Å²) in [5, 5.41) is 9.95. The summed E-state index contributed by atoms with van der Waals surface area (Å²) in [5.41, 5.74) is 9.40. The lowest BCUT2D eigenvalue weighted by atomic mass is 9.97. The Hall–Kier alpha value is -1.97. The summed E-state index contributed by atoms with van der Waals surface area (Å²) in [6.45, 7) is 9.33. The molecule has 1 rings (SSSR count). The van der Waals surface area contributed by atoms with Crippen LogP contribution in [-0.2, 0) is 16.0 Å². The SMILES string of the molecule is C=C(C)C(=O)OCCCc1c(C)c(C)cc(N)c1O. The number of hydrogen-bond donors (Lipinski definition) is 2. The second-order valence-electron chi connectivity index (χ2n) is 4.75. The number of phenolic OH excluding ortho intramolecular Hbond substituents is 1. The zero-order valence-corrected chi connectivity index (χ0v) is 11.7. The summed E-state index contributed by atoms with van der Waals surface area (Å²) in [6, 6.07) is 1.76. The van der Waals surface area contributed by atoms with E-state index in [0.29, 0.717) is 30.7 Å². The highest BCUT2D eigenvalue weighted by atomic mass is 16.5. The van der Waals surface area contributed by atoms with Gasteiger partial charge in [0, 0.05) is 5.57 Å². The number of carbonyl (C=O) groups is 1. The fourth-order valence-corrected chi connectivity index (χ4v) is 1.84. The molecule has 3 N–H and O–H groups in total. The summed E-state index contributed by atoms with van der Waals surface area (Å²) in [4.78, 5) is 11.2. The maximum absolute atomic E-state index is 11.2. The predicted octanol–water partition coefficient (Wildman–Crippen LogP) is 2.64. The molecule has 1 aromatic carbocycles. The van der Waals surface area contributed by atoms with Crippen LogP contribution in [0.4, 0.5) is 5.69 Å². The zero-order chi connectivity index (χ0) is 14.6. The van der Waals surface area contributed by atoms with Crippen LogP contribution in [0.15, 0.2) is 18.2 Å². The first-order chi connectivity index (χ1) is 8.84. The van der Waals surface area contributed by atoms with Crippen molar-refractivity contribution in [1.29, 1.82) is 0 Å². The fourth-order valence-electron chi connectivity index (χ4n) is 1.84. The van der Waals surface area contributed by atoms with Gasteiger partial charge < -0.3 is 15.6 Å². The van der Waals surface area contributed by atoms with Gasteiger partial charge in [0.25, 0.3) is 0 Å². The molecule has 0 aliphatic rings. The van der Waals surface area contributed by atoms with Crippen LogP contribution in [-0.4, -0.2) is 17.7 Å². The van der Waals surface area contributed by atoms with E-state index in [2.05, 4.69) is 6.58 Å². The molecule has 0 spiro atoms. The minimum Gasteiger partial charge on any atom is -0.505 e. The molecule has 0 saturated carbocycles. The van der Waals surface area contributed by atoms with E-state index in [-0.39, 0.29) is 11.7 Å². The van der Waals surface area contributed by atoms with Crippen molar-refractivity contribution in [1.82, 2.24) is 0 Å². The second kappa shape index (κ2) is 6.27. The standard InChI is InChI=1S/C15H21NO3/c1-9(2)15(18)19-7-5-6-12-11(4)10(3)8-13(16)14(12)17/h8,17H,1,5-7,16H2,2-4H3. The van der Waals surface area contributed by atoms with Gasteiger partial charge in [-0.1, -0.05) is 6.58 Å². The van der Waals surface area contributed by atoms with E-state index < -0.39 is 0 Å². The number of rotatable bonds is 5. The summed E-state index contributed by atoms with van der Waals surface area (Å²) >= 11 is 0. The first kappa shape index (κ1) is 15.1. The average Bonchev–Trinajstić information content (AvgIpc) is 2.35. The smallest absolute Gasteiger partial charge is 0.333 e. The molecule has 0 aromatic heterocycles. The van der Waals surface area contributed by atoms with Crippen LogP contribution < -0.4 is 5.73 Å². The number of ether oxygens (including phenoxy) is 1. The fraction of sp³-hybridized carbons (Fsp3) is 0.400. The summed E-state index contributed by atoms with van der Waals surface area (Å²) in [7, 11) is 0. The van der Waals surface area contributed by atoms with Gasteiger partial charge in [-0.05, 0) is 56.4 Å². The minimum atomic E-state index is -0.385. The highest BCUT2D eigenvalue weighted by Gasteiger charge is 2.11. The quantitative estimate of drug-likeness (QED) is 0.281. The topological polar surface area (TPSA) is 72.5 Å². The van der Waals surface area contributed by atoms with Crippen molar-refractivity contribution in [2.45, 2.75) is 33.6 Å². The lowest BCUT2D eigenvalue weighted by Gasteiger charge is -2.13. The van der Waals surface area contributed by atoms with Crippen LogP contribution in [0, 0.1) is 13.8 Å². The molecule has 0 aliphatic heterocycles. The number of aromatic hydroxyl groups is 1. The largest absolute Gasteiger partial charge is 0.505 e. The van der Waals surface area contributed by atoms with Crippen molar-refractivity contribution < 1.29 is 14.6 Å². The molecule has 0 amide bonds. The molecule has 1 aromatic rings. The number of phenols is 1. The van der Waals surface area contributed by atoms with Crippen molar-refractivity contribution in [2.24, 2.45) is 0 Å². The molecule has 0 radical (unpaired) electrons. The Morgan fingerprint density at radius 1 is 1.47 bits per heavy atom. The molecule has 4 nitrogen and oxygen atoms in total. The predicted molar refractivity (Wildman–Crippen MR) is 76.1 cm³/mol. The maximum Gasteiger partial charge on any atom is 0.333 e. The van der Waals surface area contributed by atoms with Crippen molar-refractivity contribution >= 4 is 11.7 Å². The first-order valence-corrected chi connectivity index (χ1v) is 6.24. The zero-order valence-electron chi connectivity index (χ0n) is 11.7. The number of carbonyl (C=O) groups excluding carboxylic acids is 1. The second-order valence-corrected chi connectivity index (χ2v) is 4.75. The molecule has 0 saturated heterocycles. The molecule has 0 heterocycles. The molecule has 4 heteroatoms. The van der Waals surface area contributed by atoms with Gasteiger partial charge in [-0.3, -0.25) is 0 Å². The van der Waals surface area contributed by atoms with Gasteiger partial charge in [0.15, 0.2) is 0 Å². The Labute approximate surface area is 113 Å². The Kier molecular flexibility index (Phi) is 4.98. The highest BCUT2D eigenvalue weighted by Crippen LogP contribution is 2.31. The van der Waals surface area contributed by atoms with Gasteiger partial charge in [0.05, 0.1) is 12.3 Å². The molecular weight excluding hydrogens is 242 g/mol. The van der Waals surface area contributed by atoms with Crippen molar-refractivity contribution in [3.8, 4) is 5.75 Å². The molecule has 104 valence electrons. The Morgan fingerprint density at radius 2 is 2.11 bits per heavy atom. The van der Waals surface area contributed by atoms with Gasteiger partial charge in [0.2, 0.25) is 0 Å². The van der Waals surface area contributed by atoms with Crippen LogP contribution in [0.1, 0.15) is 30.0 Å². The molecule has 0 unspecified atom stereocenters. The van der Waals surface area contributed by atoms with E-state index in [1.54, 1.807) is 13.0 Å². The van der Waals surface area contributed by atoms with E-state index >= 15 is 0 Å². The Bertz CT molecular complexity index is 480. The van der Waals surface area contributed by atoms with Gasteiger partial charge in [-0.15, -0.1) is 0 Å². The number of benzene rings is 1. The van der Waals surface area contributed by atoms with Crippen LogP contribution in [0.25, 0.3) is 0 Å². The van der Waals surface area contributed by atoms with Crippen molar-refractivity contribution in [2.75, 3.05) is 12.3 Å². The normalized spacial score (nSPS) is 10.3. The summed E-state index contributed by atoms with van der Waals surface area (Å²) < 4.78 is 5.01. The van der Waals surface area contributed by atoms with Gasteiger partial charge >= 0.3 is 5.97 Å². The third kappa shape index (κ3) is 3.74. The molecule has 0 atom stereocenters. The van der Waals surface area contributed by atoms with Gasteiger partial charge in [-0.2, -0.15) is 0 Å². The van der Waals surface area contributed by atoms with Crippen molar-refractivity contribution in [3.05, 3.63) is 34.9 Å². The third-order valence-electron chi connectivity index (χ3n) is 3.13. The van der Waals surface area contributed by atoms with E-state index in [9.17, 15) is 9.90 Å². The number of nitrogens with two attached hydrogens (primary N) is 1. The Morgan fingerprint density at radius 3 is 2.68 bits per heavy atom. The van der Waals surface area contributed by atoms with E-state index in [0.717, 1.165) is 16.7 Å². The highest BCUT2D eigenvalue weighted by molar-refractivity contribution is 5.86. The van der Waals surface area contributed by atoms with Crippen LogP contribution in [0.3, 0.4) is 0 Å². The maximum atomic E-state index is 11.2. The monoisotopic (exact) mass is 263 g/mol. The van der Waals surface area contributed by atoms with Crippen LogP contribution in [0.2, 0.25) is 0 Å². The average molecular weight is 263 g/mol. The van der Waals surface area contributed by atoms with E-state index in [4.69, 9.17) is 10.5 Å². The summed E-state index contributed by atoms with van der Waals surface area (Å²) in [6.07, 6.45) is 1.25. The van der Waals surface area contributed by atoms with Crippen LogP contribution >= 0.6 is 0 Å². The lowest BCUT2D eigenvalue weighted by molar-refractivity contribution is -0.139. The lowest BCUT2D eigenvalue weighted by Crippen LogP contribution is -2.07. The molecule has 0 aliphatic carbocycles. The number of anilines is 1. The van der Waals surface area contributed by atoms with E-state index in [1.165, 1.54) is 0 Å². The Balaban J connectivity index is 2.64. The molecule has 0 fully saturated rings. The molecule has 19 heavy (non-hydrogen) atoms. The summed E-state index contributed by atoms with van der Waals surface area (Å²) in [5.74, 6) is -0.251. The number of nitrogen functional groups attached to an aromatic ring is 1. The van der Waals surface area contributed by atoms with Gasteiger partial charge in [-0.25, -0.2) is 4.79 Å². The number of aryl methyl sites for hydroxylation is 1. The van der Waals surface area contributed by atoms with Crippen LogP contribution in [0.5, 0.6) is 5.75 Å².